The number of aldehydes is 1. The highest BCUT2D eigenvalue weighted by molar-refractivity contribution is 5.80. The van der Waals surface area contributed by atoms with Gasteiger partial charge in [-0.15, -0.1) is 0 Å². The summed E-state index contributed by atoms with van der Waals surface area (Å²) in [4.78, 5) is 17.7. The molecular formula is C20H21F3N2O2. The smallest absolute Gasteiger partial charge is 0.451 e. The molecule has 0 spiro atoms. The van der Waals surface area contributed by atoms with Crippen molar-refractivity contribution in [3.8, 4) is 5.75 Å². The molecule has 0 aliphatic heterocycles. The Morgan fingerprint density at radius 2 is 1.81 bits per heavy atom. The van der Waals surface area contributed by atoms with E-state index < -0.39 is 12.0 Å². The van der Waals surface area contributed by atoms with Crippen molar-refractivity contribution in [1.29, 1.82) is 0 Å². The molecule has 0 atom stereocenters. The second-order valence-corrected chi connectivity index (χ2v) is 6.21. The van der Waals surface area contributed by atoms with Crippen LogP contribution in [-0.4, -0.2) is 16.3 Å². The maximum Gasteiger partial charge on any atom is 0.451 e. The molecule has 0 unspecified atom stereocenters. The van der Waals surface area contributed by atoms with E-state index >= 15 is 0 Å². The predicted molar refractivity (Wildman–Crippen MR) is 96.4 cm³/mol. The average Bonchev–Trinajstić information content (AvgIpc) is 2.58. The van der Waals surface area contributed by atoms with Gasteiger partial charge in [0.2, 0.25) is 5.82 Å². The van der Waals surface area contributed by atoms with Gasteiger partial charge in [-0.3, -0.25) is 0 Å². The minimum Gasteiger partial charge on any atom is -0.489 e. The summed E-state index contributed by atoms with van der Waals surface area (Å²) >= 11 is 0. The Kier molecular flexibility index (Phi) is 6.36. The Labute approximate surface area is 156 Å². The lowest BCUT2D eigenvalue weighted by molar-refractivity contribution is -0.145. The van der Waals surface area contributed by atoms with Crippen LogP contribution in [0, 0.1) is 20.8 Å². The third kappa shape index (κ3) is 4.93. The first kappa shape index (κ1) is 20.6. The van der Waals surface area contributed by atoms with E-state index in [0.717, 1.165) is 34.7 Å². The Hall–Kier alpha value is -2.70. The zero-order valence-corrected chi connectivity index (χ0v) is 15.6. The molecular weight excluding hydrogens is 357 g/mol. The van der Waals surface area contributed by atoms with Crippen LogP contribution >= 0.6 is 0 Å². The third-order valence-electron chi connectivity index (χ3n) is 4.21. The summed E-state index contributed by atoms with van der Waals surface area (Å²) in [5, 5.41) is 0. The molecule has 144 valence electrons. The molecule has 0 saturated heterocycles. The van der Waals surface area contributed by atoms with Crippen LogP contribution in [-0.2, 0) is 17.6 Å². The van der Waals surface area contributed by atoms with Crippen LogP contribution in [0.4, 0.5) is 13.2 Å². The number of benzene rings is 1. The van der Waals surface area contributed by atoms with Crippen LogP contribution in [0.15, 0.2) is 24.4 Å². The van der Waals surface area contributed by atoms with Gasteiger partial charge < -0.3 is 9.53 Å². The van der Waals surface area contributed by atoms with Crippen molar-refractivity contribution >= 4 is 11.9 Å². The molecule has 1 heterocycles. The first-order chi connectivity index (χ1) is 12.7. The molecule has 2 aromatic rings. The average molecular weight is 378 g/mol. The molecule has 0 fully saturated rings. The van der Waals surface area contributed by atoms with Crippen LogP contribution in [0.25, 0.3) is 5.57 Å². The Balaban J connectivity index is 2.21. The topological polar surface area (TPSA) is 52.1 Å². The summed E-state index contributed by atoms with van der Waals surface area (Å²) < 4.78 is 43.7. The second-order valence-electron chi connectivity index (χ2n) is 6.21. The van der Waals surface area contributed by atoms with Gasteiger partial charge in [-0.1, -0.05) is 6.08 Å². The fourth-order valence-corrected chi connectivity index (χ4v) is 2.90. The van der Waals surface area contributed by atoms with Gasteiger partial charge >= 0.3 is 6.18 Å². The minimum absolute atomic E-state index is 0.0625. The summed E-state index contributed by atoms with van der Waals surface area (Å²) in [6, 6.07) is 3.69. The number of carbonyl (C=O) groups excluding carboxylic acids is 1. The summed E-state index contributed by atoms with van der Waals surface area (Å²) in [7, 11) is 0. The van der Waals surface area contributed by atoms with Gasteiger partial charge in [0.05, 0.1) is 0 Å². The van der Waals surface area contributed by atoms with E-state index in [1.54, 1.807) is 0 Å². The van der Waals surface area contributed by atoms with Crippen molar-refractivity contribution in [2.24, 2.45) is 0 Å². The van der Waals surface area contributed by atoms with Crippen molar-refractivity contribution in [3.05, 3.63) is 58.2 Å². The van der Waals surface area contributed by atoms with Gasteiger partial charge in [0.25, 0.3) is 0 Å². The molecule has 0 amide bonds. The molecule has 2 rings (SSSR count). The number of allylic oxidation sites excluding steroid dienone is 2. The van der Waals surface area contributed by atoms with Gasteiger partial charge in [-0.05, 0) is 62.1 Å². The van der Waals surface area contributed by atoms with Gasteiger partial charge in [0, 0.05) is 23.9 Å². The van der Waals surface area contributed by atoms with Crippen LogP contribution in [0.2, 0.25) is 0 Å². The number of aryl methyl sites for hydroxylation is 3. The highest BCUT2D eigenvalue weighted by atomic mass is 19.4. The van der Waals surface area contributed by atoms with Crippen LogP contribution in [0.1, 0.15) is 47.1 Å². The molecule has 0 bridgehead atoms. The zero-order valence-electron chi connectivity index (χ0n) is 15.6. The maximum absolute atomic E-state index is 12.6. The normalized spacial score (nSPS) is 12.2. The first-order valence-corrected chi connectivity index (χ1v) is 8.40. The fraction of sp³-hybridized carbons (Fsp3) is 0.350. The lowest BCUT2D eigenvalue weighted by Crippen LogP contribution is -2.13. The molecule has 4 nitrogen and oxygen atoms in total. The Morgan fingerprint density at radius 3 is 2.30 bits per heavy atom. The molecule has 0 saturated carbocycles. The highest BCUT2D eigenvalue weighted by Gasteiger charge is 2.34. The Bertz CT molecular complexity index is 851. The molecule has 0 aliphatic carbocycles. The molecule has 1 aromatic carbocycles. The molecule has 1 aromatic heterocycles. The summed E-state index contributed by atoms with van der Waals surface area (Å²) in [6.45, 7) is 7.29. The first-order valence-electron chi connectivity index (χ1n) is 8.40. The Morgan fingerprint density at radius 1 is 1.19 bits per heavy atom. The van der Waals surface area contributed by atoms with Gasteiger partial charge in [-0.2, -0.15) is 13.2 Å². The summed E-state index contributed by atoms with van der Waals surface area (Å²) in [5.74, 6) is -0.566. The number of ether oxygens (including phenoxy) is 1. The van der Waals surface area contributed by atoms with E-state index in [0.29, 0.717) is 17.7 Å². The quantitative estimate of drug-likeness (QED) is 0.665. The van der Waals surface area contributed by atoms with E-state index in [-0.39, 0.29) is 12.3 Å². The van der Waals surface area contributed by atoms with Crippen LogP contribution in [0.3, 0.4) is 0 Å². The number of rotatable bonds is 6. The van der Waals surface area contributed by atoms with E-state index in [2.05, 4.69) is 9.97 Å². The number of hydrogen-bond donors (Lipinski definition) is 0. The lowest BCUT2D eigenvalue weighted by atomic mass is 9.93. The number of nitrogens with zero attached hydrogens (tertiary/aromatic N) is 2. The van der Waals surface area contributed by atoms with E-state index in [1.807, 2.05) is 39.0 Å². The van der Waals surface area contributed by atoms with Crippen molar-refractivity contribution in [2.45, 2.75) is 46.9 Å². The van der Waals surface area contributed by atoms with Gasteiger partial charge in [0.15, 0.2) is 0 Å². The van der Waals surface area contributed by atoms with Crippen molar-refractivity contribution in [2.75, 3.05) is 0 Å². The lowest BCUT2D eigenvalue weighted by Gasteiger charge is -2.16. The highest BCUT2D eigenvalue weighted by Crippen LogP contribution is 2.30. The molecule has 0 aliphatic rings. The van der Waals surface area contributed by atoms with E-state index in [1.165, 1.54) is 6.92 Å². The van der Waals surface area contributed by atoms with Gasteiger partial charge in [0.1, 0.15) is 18.6 Å². The van der Waals surface area contributed by atoms with Crippen LogP contribution in [0.5, 0.6) is 5.75 Å². The largest absolute Gasteiger partial charge is 0.489 e. The van der Waals surface area contributed by atoms with Crippen molar-refractivity contribution < 1.29 is 22.7 Å². The van der Waals surface area contributed by atoms with Gasteiger partial charge in [-0.25, -0.2) is 9.97 Å². The standard InChI is InChI=1S/C20H21F3N2O2/c1-5-15(6-7-26)18-12(2)8-17(9-13(18)3)27-11-16-10-24-19(20(21,22)23)25-14(16)4/h5,7-10H,6,11H2,1-4H3/b15-5-. The molecule has 0 radical (unpaired) electrons. The number of alkyl halides is 3. The number of hydrogen-bond acceptors (Lipinski definition) is 4. The van der Waals surface area contributed by atoms with E-state index in [9.17, 15) is 18.0 Å². The predicted octanol–water partition coefficient (Wildman–Crippen LogP) is 4.99. The number of carbonyl (C=O) groups is 1. The second kappa shape index (κ2) is 8.33. The minimum atomic E-state index is -4.57. The van der Waals surface area contributed by atoms with Crippen LogP contribution < -0.4 is 4.74 Å². The van der Waals surface area contributed by atoms with Crippen molar-refractivity contribution in [3.63, 3.8) is 0 Å². The summed E-state index contributed by atoms with van der Waals surface area (Å²) in [6.07, 6.45) is -0.318. The third-order valence-corrected chi connectivity index (χ3v) is 4.21. The monoisotopic (exact) mass is 378 g/mol. The molecule has 7 heteroatoms. The molecule has 0 N–H and O–H groups in total. The maximum atomic E-state index is 12.6. The number of aromatic nitrogens is 2. The van der Waals surface area contributed by atoms with Crippen molar-refractivity contribution in [1.82, 2.24) is 9.97 Å². The van der Waals surface area contributed by atoms with E-state index in [4.69, 9.17) is 4.74 Å². The molecule has 27 heavy (non-hydrogen) atoms. The summed E-state index contributed by atoms with van der Waals surface area (Å²) in [5.41, 5.74) is 4.58. The zero-order chi connectivity index (χ0) is 20.2. The number of halogens is 3. The SMILES string of the molecule is C/C=C(/CC=O)c1c(C)cc(OCc2cnc(C(F)(F)F)nc2C)cc1C. The fourth-order valence-electron chi connectivity index (χ4n) is 2.90.